The standard InChI is InChI=1S/C17H28N2O4/c1-3-15(20)19-14(16(21)18-8-10-22-11-9-18)12-23-17(19)6-4-13(2)5-7-17/h13-14H,3-12H2,1-2H3/t13?,14-,17?/m0/s1. The molecular weight excluding hydrogens is 296 g/mol. The van der Waals surface area contributed by atoms with Crippen molar-refractivity contribution in [2.75, 3.05) is 32.9 Å². The quantitative estimate of drug-likeness (QED) is 0.770. The lowest BCUT2D eigenvalue weighted by Crippen LogP contribution is -2.58. The van der Waals surface area contributed by atoms with Gasteiger partial charge in [0.25, 0.3) is 0 Å². The van der Waals surface area contributed by atoms with Crippen LogP contribution >= 0.6 is 0 Å². The largest absolute Gasteiger partial charge is 0.378 e. The van der Waals surface area contributed by atoms with E-state index in [-0.39, 0.29) is 11.8 Å². The smallest absolute Gasteiger partial charge is 0.248 e. The summed E-state index contributed by atoms with van der Waals surface area (Å²) in [6.07, 6.45) is 4.19. The normalized spacial score (nSPS) is 34.9. The minimum atomic E-state index is -0.549. The molecule has 2 aliphatic heterocycles. The fourth-order valence-corrected chi connectivity index (χ4v) is 4.01. The van der Waals surface area contributed by atoms with E-state index in [9.17, 15) is 9.59 Å². The molecule has 3 fully saturated rings. The van der Waals surface area contributed by atoms with Crippen LogP contribution in [0.4, 0.5) is 0 Å². The average molecular weight is 324 g/mol. The predicted molar refractivity (Wildman–Crippen MR) is 84.6 cm³/mol. The number of carbonyl (C=O) groups excluding carboxylic acids is 2. The van der Waals surface area contributed by atoms with Gasteiger partial charge in [-0.15, -0.1) is 0 Å². The summed E-state index contributed by atoms with van der Waals surface area (Å²) >= 11 is 0. The molecule has 0 aromatic rings. The number of hydrogen-bond acceptors (Lipinski definition) is 4. The molecular formula is C17H28N2O4. The molecule has 2 heterocycles. The maximum atomic E-state index is 12.9. The van der Waals surface area contributed by atoms with E-state index in [1.807, 2.05) is 11.8 Å². The summed E-state index contributed by atoms with van der Waals surface area (Å²) in [4.78, 5) is 29.1. The van der Waals surface area contributed by atoms with Crippen LogP contribution in [0.2, 0.25) is 0 Å². The molecule has 0 aromatic heterocycles. The first-order valence-electron chi connectivity index (χ1n) is 8.90. The van der Waals surface area contributed by atoms with Gasteiger partial charge in [-0.3, -0.25) is 14.5 Å². The maximum absolute atomic E-state index is 12.9. The van der Waals surface area contributed by atoms with Gasteiger partial charge in [0.2, 0.25) is 11.8 Å². The van der Waals surface area contributed by atoms with Gasteiger partial charge in [0.15, 0.2) is 0 Å². The molecule has 0 radical (unpaired) electrons. The van der Waals surface area contributed by atoms with Crippen molar-refractivity contribution in [2.24, 2.45) is 5.92 Å². The Morgan fingerprint density at radius 2 is 1.83 bits per heavy atom. The van der Waals surface area contributed by atoms with Crippen LogP contribution in [-0.2, 0) is 19.1 Å². The minimum absolute atomic E-state index is 0.0191. The molecule has 1 atom stereocenters. The summed E-state index contributed by atoms with van der Waals surface area (Å²) in [7, 11) is 0. The molecule has 23 heavy (non-hydrogen) atoms. The van der Waals surface area contributed by atoms with Crippen LogP contribution in [0.15, 0.2) is 0 Å². The Hall–Kier alpha value is -1.14. The van der Waals surface area contributed by atoms with Crippen molar-refractivity contribution in [1.29, 1.82) is 0 Å². The molecule has 0 aromatic carbocycles. The molecule has 130 valence electrons. The van der Waals surface area contributed by atoms with Crippen LogP contribution < -0.4 is 0 Å². The van der Waals surface area contributed by atoms with Crippen molar-refractivity contribution < 1.29 is 19.1 Å². The van der Waals surface area contributed by atoms with E-state index in [4.69, 9.17) is 9.47 Å². The van der Waals surface area contributed by atoms with Gasteiger partial charge in [0, 0.05) is 19.5 Å². The van der Waals surface area contributed by atoms with Gasteiger partial charge in [0.1, 0.15) is 11.8 Å². The number of nitrogens with zero attached hydrogens (tertiary/aromatic N) is 2. The van der Waals surface area contributed by atoms with Gasteiger partial charge >= 0.3 is 0 Å². The van der Waals surface area contributed by atoms with Crippen LogP contribution in [0.3, 0.4) is 0 Å². The molecule has 6 heteroatoms. The van der Waals surface area contributed by atoms with Gasteiger partial charge < -0.3 is 14.4 Å². The Kier molecular flexibility index (Phi) is 4.92. The molecule has 2 saturated heterocycles. The summed E-state index contributed by atoms with van der Waals surface area (Å²) in [5.41, 5.74) is -0.549. The van der Waals surface area contributed by atoms with Gasteiger partial charge in [-0.2, -0.15) is 0 Å². The maximum Gasteiger partial charge on any atom is 0.248 e. The lowest BCUT2D eigenvalue weighted by molar-refractivity contribution is -0.163. The van der Waals surface area contributed by atoms with E-state index >= 15 is 0 Å². The van der Waals surface area contributed by atoms with Gasteiger partial charge in [-0.05, 0) is 31.6 Å². The SMILES string of the molecule is CCC(=O)N1[C@H](C(=O)N2CCOCC2)COC12CCC(C)CC2. The second-order valence-corrected chi connectivity index (χ2v) is 7.01. The van der Waals surface area contributed by atoms with E-state index in [0.29, 0.717) is 45.2 Å². The first kappa shape index (κ1) is 16.7. The lowest BCUT2D eigenvalue weighted by atomic mass is 9.83. The van der Waals surface area contributed by atoms with E-state index in [2.05, 4.69) is 6.92 Å². The highest BCUT2D eigenvalue weighted by Crippen LogP contribution is 2.42. The summed E-state index contributed by atoms with van der Waals surface area (Å²) in [6.45, 7) is 6.78. The number of ether oxygens (including phenoxy) is 2. The summed E-state index contributed by atoms with van der Waals surface area (Å²) in [5, 5.41) is 0. The lowest BCUT2D eigenvalue weighted by Gasteiger charge is -2.43. The zero-order chi connectivity index (χ0) is 16.4. The predicted octanol–water partition coefficient (Wildman–Crippen LogP) is 1.39. The highest BCUT2D eigenvalue weighted by Gasteiger charge is 2.53. The molecule has 1 aliphatic carbocycles. The molecule has 1 saturated carbocycles. The topological polar surface area (TPSA) is 59.1 Å². The fourth-order valence-electron chi connectivity index (χ4n) is 4.01. The number of morpholine rings is 1. The second kappa shape index (κ2) is 6.77. The Bertz CT molecular complexity index is 454. The van der Waals surface area contributed by atoms with Crippen LogP contribution in [0.1, 0.15) is 46.0 Å². The zero-order valence-corrected chi connectivity index (χ0v) is 14.3. The third-order valence-corrected chi connectivity index (χ3v) is 5.50. The second-order valence-electron chi connectivity index (χ2n) is 7.01. The van der Waals surface area contributed by atoms with E-state index in [1.54, 1.807) is 4.90 Å². The van der Waals surface area contributed by atoms with Gasteiger partial charge in [-0.1, -0.05) is 13.8 Å². The Labute approximate surface area is 138 Å². The first-order valence-corrected chi connectivity index (χ1v) is 8.90. The highest BCUT2D eigenvalue weighted by molar-refractivity contribution is 5.88. The summed E-state index contributed by atoms with van der Waals surface area (Å²) in [5.74, 6) is 0.714. The monoisotopic (exact) mass is 324 g/mol. The Morgan fingerprint density at radius 1 is 1.17 bits per heavy atom. The van der Waals surface area contributed by atoms with Crippen molar-refractivity contribution >= 4 is 11.8 Å². The number of amides is 2. The molecule has 6 nitrogen and oxygen atoms in total. The van der Waals surface area contributed by atoms with Gasteiger partial charge in [0.05, 0.1) is 19.8 Å². The van der Waals surface area contributed by atoms with E-state index in [0.717, 1.165) is 25.7 Å². The van der Waals surface area contributed by atoms with Crippen LogP contribution in [-0.4, -0.2) is 66.3 Å². The Balaban J connectivity index is 1.79. The van der Waals surface area contributed by atoms with Crippen LogP contribution in [0.25, 0.3) is 0 Å². The van der Waals surface area contributed by atoms with Crippen molar-refractivity contribution in [1.82, 2.24) is 9.80 Å². The van der Waals surface area contributed by atoms with E-state index < -0.39 is 11.8 Å². The fraction of sp³-hybridized carbons (Fsp3) is 0.882. The molecule has 2 amide bonds. The van der Waals surface area contributed by atoms with Crippen molar-refractivity contribution in [3.05, 3.63) is 0 Å². The highest BCUT2D eigenvalue weighted by atomic mass is 16.5. The third-order valence-electron chi connectivity index (χ3n) is 5.50. The zero-order valence-electron chi connectivity index (χ0n) is 14.3. The minimum Gasteiger partial charge on any atom is -0.378 e. The molecule has 0 unspecified atom stereocenters. The molecule has 0 N–H and O–H groups in total. The molecule has 3 rings (SSSR count). The van der Waals surface area contributed by atoms with E-state index in [1.165, 1.54) is 0 Å². The van der Waals surface area contributed by atoms with Crippen molar-refractivity contribution in [2.45, 2.75) is 57.7 Å². The summed E-state index contributed by atoms with van der Waals surface area (Å²) in [6, 6.07) is -0.464. The number of carbonyl (C=O) groups is 2. The molecule has 0 bridgehead atoms. The molecule has 1 spiro atoms. The summed E-state index contributed by atoms with van der Waals surface area (Å²) < 4.78 is 11.4. The van der Waals surface area contributed by atoms with Crippen molar-refractivity contribution in [3.8, 4) is 0 Å². The first-order chi connectivity index (χ1) is 11.1. The average Bonchev–Trinajstić information content (AvgIpc) is 2.96. The van der Waals surface area contributed by atoms with Crippen molar-refractivity contribution in [3.63, 3.8) is 0 Å². The Morgan fingerprint density at radius 3 is 2.43 bits per heavy atom. The van der Waals surface area contributed by atoms with Crippen LogP contribution in [0.5, 0.6) is 0 Å². The molecule has 3 aliphatic rings. The van der Waals surface area contributed by atoms with Crippen LogP contribution in [0, 0.1) is 5.92 Å². The number of rotatable bonds is 2. The number of hydrogen-bond donors (Lipinski definition) is 0. The van der Waals surface area contributed by atoms with Gasteiger partial charge in [-0.25, -0.2) is 0 Å². The third kappa shape index (κ3) is 3.11.